The number of pyridine rings is 1. The lowest BCUT2D eigenvalue weighted by Crippen LogP contribution is -2.41. The Kier molecular flexibility index (Phi) is 8.73. The highest BCUT2D eigenvalue weighted by Crippen LogP contribution is 2.36. The first-order chi connectivity index (χ1) is 19.5. The number of hydrogen-bond acceptors (Lipinski definition) is 5. The highest BCUT2D eigenvalue weighted by atomic mass is 35.5. The Morgan fingerprint density at radius 3 is 2.10 bits per heavy atom. The molecule has 0 atom stereocenters. The number of hydrogen-bond donors (Lipinski definition) is 4. The van der Waals surface area contributed by atoms with E-state index in [2.05, 4.69) is 26.5 Å². The van der Waals surface area contributed by atoms with E-state index in [1.54, 1.807) is 24.3 Å². The number of anilines is 2. The quantitative estimate of drug-likeness (QED) is 0.191. The molecule has 13 heteroatoms. The molecule has 4 rings (SSSR count). The molecular formula is C28H21ClF3N5O4. The Morgan fingerprint density at radius 2 is 1.41 bits per heavy atom. The van der Waals surface area contributed by atoms with E-state index in [1.165, 1.54) is 48.7 Å². The fraction of sp³-hybridized carbons (Fsp3) is 0.0714. The molecule has 4 N–H and O–H groups in total. The van der Waals surface area contributed by atoms with Gasteiger partial charge in [0.2, 0.25) is 0 Å². The van der Waals surface area contributed by atoms with E-state index < -0.39 is 34.6 Å². The summed E-state index contributed by atoms with van der Waals surface area (Å²) >= 11 is 5.60. The molecule has 4 amide bonds. The maximum Gasteiger partial charge on any atom is 0.417 e. The molecule has 0 saturated carbocycles. The Bertz CT molecular complexity index is 1580. The molecule has 0 unspecified atom stereocenters. The van der Waals surface area contributed by atoms with Gasteiger partial charge in [-0.1, -0.05) is 29.3 Å². The number of urea groups is 1. The minimum Gasteiger partial charge on any atom is -0.457 e. The molecule has 0 aliphatic carbocycles. The van der Waals surface area contributed by atoms with Crippen LogP contribution in [-0.2, 0) is 6.18 Å². The van der Waals surface area contributed by atoms with Crippen LogP contribution in [0.1, 0.15) is 32.0 Å². The first-order valence-electron chi connectivity index (χ1n) is 11.8. The van der Waals surface area contributed by atoms with E-state index in [4.69, 9.17) is 16.3 Å². The second-order valence-corrected chi connectivity index (χ2v) is 8.96. The predicted octanol–water partition coefficient (Wildman–Crippen LogP) is 6.57. The maximum absolute atomic E-state index is 13.0. The van der Waals surface area contributed by atoms with Crippen molar-refractivity contribution >= 4 is 40.8 Å². The fourth-order valence-corrected chi connectivity index (χ4v) is 3.63. The highest BCUT2D eigenvalue weighted by Gasteiger charge is 2.33. The molecule has 41 heavy (non-hydrogen) atoms. The molecule has 0 fully saturated rings. The molecule has 0 aliphatic heterocycles. The smallest absolute Gasteiger partial charge is 0.417 e. The van der Waals surface area contributed by atoms with Gasteiger partial charge in [-0.05, 0) is 67.6 Å². The predicted molar refractivity (Wildman–Crippen MR) is 146 cm³/mol. The van der Waals surface area contributed by atoms with Gasteiger partial charge in [0.25, 0.3) is 11.8 Å². The molecule has 3 aromatic carbocycles. The van der Waals surface area contributed by atoms with Crippen LogP contribution >= 0.6 is 11.6 Å². The minimum absolute atomic E-state index is 0.0162. The van der Waals surface area contributed by atoms with E-state index >= 15 is 0 Å². The number of carbonyl (C=O) groups is 3. The van der Waals surface area contributed by atoms with Gasteiger partial charge in [0.05, 0.1) is 10.6 Å². The maximum atomic E-state index is 13.0. The van der Waals surface area contributed by atoms with Crippen LogP contribution in [0.25, 0.3) is 0 Å². The van der Waals surface area contributed by atoms with Crippen LogP contribution in [0.3, 0.4) is 0 Å². The number of benzene rings is 3. The average molecular weight is 584 g/mol. The van der Waals surface area contributed by atoms with Crippen molar-refractivity contribution in [2.75, 3.05) is 10.6 Å². The van der Waals surface area contributed by atoms with Crippen LogP contribution < -0.4 is 26.2 Å². The summed E-state index contributed by atoms with van der Waals surface area (Å²) in [6.07, 6.45) is -3.31. The highest BCUT2D eigenvalue weighted by molar-refractivity contribution is 6.31. The van der Waals surface area contributed by atoms with E-state index in [0.717, 1.165) is 17.7 Å². The Labute approximate surface area is 236 Å². The summed E-state index contributed by atoms with van der Waals surface area (Å²) in [6.45, 7) is 1.89. The largest absolute Gasteiger partial charge is 0.457 e. The van der Waals surface area contributed by atoms with Crippen LogP contribution in [0.15, 0.2) is 85.1 Å². The Morgan fingerprint density at radius 1 is 0.780 bits per heavy atom. The van der Waals surface area contributed by atoms with E-state index in [1.807, 2.05) is 6.92 Å². The van der Waals surface area contributed by atoms with Gasteiger partial charge in [-0.15, -0.1) is 0 Å². The zero-order valence-corrected chi connectivity index (χ0v) is 21.9. The van der Waals surface area contributed by atoms with Crippen LogP contribution in [0, 0.1) is 6.92 Å². The van der Waals surface area contributed by atoms with Crippen LogP contribution in [-0.4, -0.2) is 22.8 Å². The lowest BCUT2D eigenvalue weighted by molar-refractivity contribution is -0.137. The molecule has 210 valence electrons. The van der Waals surface area contributed by atoms with Gasteiger partial charge in [-0.3, -0.25) is 25.4 Å². The molecule has 0 bridgehead atoms. The molecule has 0 radical (unpaired) electrons. The van der Waals surface area contributed by atoms with E-state index in [9.17, 15) is 27.6 Å². The first-order valence-corrected chi connectivity index (χ1v) is 12.2. The minimum atomic E-state index is -4.67. The molecule has 0 saturated heterocycles. The van der Waals surface area contributed by atoms with Crippen molar-refractivity contribution in [1.29, 1.82) is 0 Å². The van der Waals surface area contributed by atoms with Gasteiger partial charge < -0.3 is 15.4 Å². The van der Waals surface area contributed by atoms with E-state index in [0.29, 0.717) is 17.0 Å². The topological polar surface area (TPSA) is 121 Å². The Hall–Kier alpha value is -5.10. The van der Waals surface area contributed by atoms with Crippen molar-refractivity contribution < 1.29 is 32.3 Å². The van der Waals surface area contributed by atoms with Crippen molar-refractivity contribution in [3.63, 3.8) is 0 Å². The third kappa shape index (κ3) is 7.96. The van der Waals surface area contributed by atoms with Gasteiger partial charge in [0, 0.05) is 29.2 Å². The van der Waals surface area contributed by atoms with Gasteiger partial charge in [-0.25, -0.2) is 4.79 Å². The van der Waals surface area contributed by atoms with Crippen molar-refractivity contribution in [3.8, 4) is 11.5 Å². The zero-order valence-electron chi connectivity index (χ0n) is 21.2. The van der Waals surface area contributed by atoms with Crippen molar-refractivity contribution in [3.05, 3.63) is 112 Å². The van der Waals surface area contributed by atoms with E-state index in [-0.39, 0.29) is 17.1 Å². The number of nitrogens with one attached hydrogen (secondary N) is 4. The summed E-state index contributed by atoms with van der Waals surface area (Å²) in [4.78, 5) is 40.9. The van der Waals surface area contributed by atoms with Gasteiger partial charge in [0.15, 0.2) is 0 Å². The first kappa shape index (κ1) is 28.9. The third-order valence-corrected chi connectivity index (χ3v) is 5.77. The molecule has 1 aromatic heterocycles. The number of aryl methyl sites for hydroxylation is 1. The molecule has 1 heterocycles. The Balaban J connectivity index is 1.31. The number of amides is 4. The van der Waals surface area contributed by atoms with Crippen LogP contribution in [0.4, 0.5) is 29.3 Å². The van der Waals surface area contributed by atoms with Gasteiger partial charge in [-0.2, -0.15) is 13.2 Å². The molecule has 9 nitrogen and oxygen atoms in total. The SMILES string of the molecule is Cc1ccc(C(=O)NNC(=O)c2cc(Oc3ccc(NC(=O)Nc4ccc(Cl)c(C(F)(F)F)c4)cc3)ccn2)cc1. The lowest BCUT2D eigenvalue weighted by Gasteiger charge is -2.13. The van der Waals surface area contributed by atoms with Crippen LogP contribution in [0.2, 0.25) is 5.02 Å². The number of aromatic nitrogens is 1. The molecule has 0 aliphatic rings. The lowest BCUT2D eigenvalue weighted by atomic mass is 10.1. The zero-order chi connectivity index (χ0) is 29.6. The van der Waals surface area contributed by atoms with Gasteiger partial charge >= 0.3 is 12.2 Å². The van der Waals surface area contributed by atoms with Crippen molar-refractivity contribution in [2.45, 2.75) is 13.1 Å². The number of halogens is 4. The normalized spacial score (nSPS) is 10.9. The number of nitrogens with zero attached hydrogens (tertiary/aromatic N) is 1. The standard InChI is InChI=1S/C28H21ClF3N5O4/c1-16-2-4-17(5-3-16)25(38)36-37-26(39)24-15-21(12-13-33-24)41-20-9-6-18(7-10-20)34-27(40)35-19-8-11-23(29)22(14-19)28(30,31)32/h2-15H,1H3,(H,36,38)(H,37,39)(H2,34,35,40). The van der Waals surface area contributed by atoms with Crippen molar-refractivity contribution in [1.82, 2.24) is 15.8 Å². The van der Waals surface area contributed by atoms with Crippen LogP contribution in [0.5, 0.6) is 11.5 Å². The number of carbonyl (C=O) groups excluding carboxylic acids is 3. The third-order valence-electron chi connectivity index (χ3n) is 5.44. The monoisotopic (exact) mass is 583 g/mol. The molecule has 4 aromatic rings. The summed E-state index contributed by atoms with van der Waals surface area (Å²) in [6, 6.07) is 18.0. The van der Waals surface area contributed by atoms with Crippen molar-refractivity contribution in [2.24, 2.45) is 0 Å². The molecule has 0 spiro atoms. The van der Waals surface area contributed by atoms with Gasteiger partial charge in [0.1, 0.15) is 17.2 Å². The average Bonchev–Trinajstić information content (AvgIpc) is 2.93. The summed E-state index contributed by atoms with van der Waals surface area (Å²) < 4.78 is 44.8. The second kappa shape index (κ2) is 12.4. The summed E-state index contributed by atoms with van der Waals surface area (Å²) in [5, 5.41) is 4.34. The number of alkyl halides is 3. The summed E-state index contributed by atoms with van der Waals surface area (Å²) in [5.41, 5.74) is 5.13. The second-order valence-electron chi connectivity index (χ2n) is 8.55. The number of ether oxygens (including phenoxy) is 1. The summed E-state index contributed by atoms with van der Waals surface area (Å²) in [5.74, 6) is -0.526. The fourth-order valence-electron chi connectivity index (χ4n) is 3.41. The molecular weight excluding hydrogens is 563 g/mol. The number of hydrazine groups is 1. The number of rotatable bonds is 6. The summed E-state index contributed by atoms with van der Waals surface area (Å²) in [7, 11) is 0.